The molecule has 0 amide bonds. The fourth-order valence-corrected chi connectivity index (χ4v) is 2.30. The number of carbonyl (C=O) groups is 1. The number of aryl methyl sites for hydroxylation is 1. The second-order valence-corrected chi connectivity index (χ2v) is 4.86. The van der Waals surface area contributed by atoms with Crippen LogP contribution in [0, 0.1) is 23.0 Å². The van der Waals surface area contributed by atoms with Gasteiger partial charge < -0.3 is 5.11 Å². The smallest absolute Gasteiger partial charge is 0.336 e. The first-order chi connectivity index (χ1) is 10.5. The van der Waals surface area contributed by atoms with Crippen molar-refractivity contribution in [2.75, 3.05) is 0 Å². The Morgan fingerprint density at radius 2 is 1.86 bits per heavy atom. The van der Waals surface area contributed by atoms with Crippen molar-refractivity contribution in [1.82, 2.24) is 0 Å². The number of halogens is 2. The minimum absolute atomic E-state index is 0.0386. The molecule has 0 heterocycles. The van der Waals surface area contributed by atoms with Gasteiger partial charge in [0.15, 0.2) is 0 Å². The molecule has 0 aliphatic rings. The monoisotopic (exact) mass is 301 g/mol. The molecule has 0 atom stereocenters. The van der Waals surface area contributed by atoms with Crippen LogP contribution in [0.1, 0.15) is 34.8 Å². The lowest BCUT2D eigenvalue weighted by Gasteiger charge is -2.10. The number of nitriles is 1. The van der Waals surface area contributed by atoms with Crippen molar-refractivity contribution >= 4 is 5.97 Å². The molecule has 2 aromatic carbocycles. The zero-order chi connectivity index (χ0) is 16.3. The molecule has 112 valence electrons. The fourth-order valence-electron chi connectivity index (χ4n) is 2.30. The predicted octanol–water partition coefficient (Wildman–Crippen LogP) is 4.15. The number of carboxylic acid groups (broad SMARTS) is 1. The van der Waals surface area contributed by atoms with Crippen molar-refractivity contribution in [3.05, 3.63) is 58.7 Å². The SMILES string of the molecule is CCCc1ccc(C(=O)O)c(-c2cc(F)c(C#N)c(F)c2)c1. The zero-order valence-corrected chi connectivity index (χ0v) is 11.9. The van der Waals surface area contributed by atoms with Crippen LogP contribution in [0.15, 0.2) is 30.3 Å². The third-order valence-electron chi connectivity index (χ3n) is 3.32. The van der Waals surface area contributed by atoms with Gasteiger partial charge in [0.05, 0.1) is 5.56 Å². The summed E-state index contributed by atoms with van der Waals surface area (Å²) in [6.45, 7) is 1.98. The maximum absolute atomic E-state index is 13.8. The molecule has 22 heavy (non-hydrogen) atoms. The second-order valence-electron chi connectivity index (χ2n) is 4.86. The third-order valence-corrected chi connectivity index (χ3v) is 3.32. The van der Waals surface area contributed by atoms with Gasteiger partial charge in [0.25, 0.3) is 0 Å². The minimum atomic E-state index is -1.18. The van der Waals surface area contributed by atoms with Gasteiger partial charge in [-0.25, -0.2) is 13.6 Å². The van der Waals surface area contributed by atoms with Crippen LogP contribution in [0.3, 0.4) is 0 Å². The van der Waals surface area contributed by atoms with Gasteiger partial charge in [-0.1, -0.05) is 25.5 Å². The molecule has 0 aliphatic heterocycles. The Balaban J connectivity index is 2.67. The number of nitrogens with zero attached hydrogens (tertiary/aromatic N) is 1. The molecule has 0 bridgehead atoms. The summed E-state index contributed by atoms with van der Waals surface area (Å²) in [6.07, 6.45) is 1.59. The molecule has 0 spiro atoms. The van der Waals surface area contributed by atoms with Crippen molar-refractivity contribution in [2.24, 2.45) is 0 Å². The van der Waals surface area contributed by atoms with E-state index in [9.17, 15) is 18.7 Å². The summed E-state index contributed by atoms with van der Waals surface area (Å²) in [5.74, 6) is -3.19. The summed E-state index contributed by atoms with van der Waals surface area (Å²) >= 11 is 0. The molecule has 0 fully saturated rings. The van der Waals surface area contributed by atoms with Crippen LogP contribution < -0.4 is 0 Å². The molecule has 0 aliphatic carbocycles. The largest absolute Gasteiger partial charge is 0.478 e. The van der Waals surface area contributed by atoms with Crippen molar-refractivity contribution in [2.45, 2.75) is 19.8 Å². The minimum Gasteiger partial charge on any atom is -0.478 e. The van der Waals surface area contributed by atoms with Gasteiger partial charge in [-0.05, 0) is 41.3 Å². The highest BCUT2D eigenvalue weighted by Crippen LogP contribution is 2.28. The Labute approximate surface area is 126 Å². The summed E-state index contributed by atoms with van der Waals surface area (Å²) in [6, 6.07) is 8.15. The van der Waals surface area contributed by atoms with E-state index < -0.39 is 23.2 Å². The van der Waals surface area contributed by atoms with Crippen LogP contribution in [0.2, 0.25) is 0 Å². The molecular weight excluding hydrogens is 288 g/mol. The Kier molecular flexibility index (Phi) is 4.52. The van der Waals surface area contributed by atoms with E-state index in [1.54, 1.807) is 12.1 Å². The highest BCUT2D eigenvalue weighted by molar-refractivity contribution is 5.96. The summed E-state index contributed by atoms with van der Waals surface area (Å²) in [5.41, 5.74) is 0.506. The van der Waals surface area contributed by atoms with Crippen LogP contribution in [0.5, 0.6) is 0 Å². The molecule has 1 N–H and O–H groups in total. The third kappa shape index (κ3) is 2.96. The Bertz CT molecular complexity index is 756. The maximum atomic E-state index is 13.8. The number of rotatable bonds is 4. The Morgan fingerprint density at radius 3 is 2.36 bits per heavy atom. The lowest BCUT2D eigenvalue weighted by Crippen LogP contribution is -2.02. The van der Waals surface area contributed by atoms with Gasteiger partial charge in [0.2, 0.25) is 0 Å². The van der Waals surface area contributed by atoms with Crippen molar-refractivity contribution in [3.63, 3.8) is 0 Å². The molecular formula is C17H13F2NO2. The quantitative estimate of drug-likeness (QED) is 0.922. The maximum Gasteiger partial charge on any atom is 0.336 e. The molecule has 0 saturated heterocycles. The number of benzene rings is 2. The van der Waals surface area contributed by atoms with Gasteiger partial charge >= 0.3 is 5.97 Å². The van der Waals surface area contributed by atoms with Crippen molar-refractivity contribution in [1.29, 1.82) is 5.26 Å². The zero-order valence-electron chi connectivity index (χ0n) is 11.9. The molecule has 0 radical (unpaired) electrons. The van der Waals surface area contributed by atoms with Crippen LogP contribution >= 0.6 is 0 Å². The van der Waals surface area contributed by atoms with Gasteiger partial charge in [-0.15, -0.1) is 0 Å². The van der Waals surface area contributed by atoms with Crippen LogP contribution in [0.4, 0.5) is 8.78 Å². The Morgan fingerprint density at radius 1 is 1.23 bits per heavy atom. The van der Waals surface area contributed by atoms with Crippen LogP contribution in [-0.2, 0) is 6.42 Å². The van der Waals surface area contributed by atoms with E-state index in [2.05, 4.69) is 0 Å². The standard InChI is InChI=1S/C17H13F2NO2/c1-2-3-10-4-5-12(17(21)22)13(6-10)11-7-15(18)14(9-20)16(19)8-11/h4-8H,2-3H2,1H3,(H,21,22). The number of hydrogen-bond acceptors (Lipinski definition) is 2. The van der Waals surface area contributed by atoms with E-state index in [0.717, 1.165) is 30.5 Å². The van der Waals surface area contributed by atoms with E-state index in [0.29, 0.717) is 0 Å². The molecule has 0 aromatic heterocycles. The molecule has 5 heteroatoms. The van der Waals surface area contributed by atoms with Crippen molar-refractivity contribution < 1.29 is 18.7 Å². The van der Waals surface area contributed by atoms with Gasteiger partial charge in [0, 0.05) is 0 Å². The van der Waals surface area contributed by atoms with E-state index >= 15 is 0 Å². The Hall–Kier alpha value is -2.74. The lowest BCUT2D eigenvalue weighted by molar-refractivity contribution is 0.0697. The molecule has 3 nitrogen and oxygen atoms in total. The average molecular weight is 301 g/mol. The molecule has 2 rings (SSSR count). The van der Waals surface area contributed by atoms with Crippen molar-refractivity contribution in [3.8, 4) is 17.2 Å². The predicted molar refractivity (Wildman–Crippen MR) is 77.5 cm³/mol. The van der Waals surface area contributed by atoms with Crippen LogP contribution in [0.25, 0.3) is 11.1 Å². The van der Waals surface area contributed by atoms with Gasteiger partial charge in [0.1, 0.15) is 23.3 Å². The van der Waals surface area contributed by atoms with Gasteiger partial charge in [-0.2, -0.15) is 5.26 Å². The topological polar surface area (TPSA) is 61.1 Å². The molecule has 0 unspecified atom stereocenters. The van der Waals surface area contributed by atoms with E-state index in [-0.39, 0.29) is 16.7 Å². The van der Waals surface area contributed by atoms with E-state index in [1.807, 2.05) is 6.92 Å². The highest BCUT2D eigenvalue weighted by Gasteiger charge is 2.17. The number of carboxylic acids is 1. The first-order valence-corrected chi connectivity index (χ1v) is 6.73. The second kappa shape index (κ2) is 6.35. The first kappa shape index (κ1) is 15.6. The molecule has 2 aromatic rings. The number of hydrogen-bond donors (Lipinski definition) is 1. The average Bonchev–Trinajstić information content (AvgIpc) is 2.47. The van der Waals surface area contributed by atoms with E-state index in [4.69, 9.17) is 5.26 Å². The lowest BCUT2D eigenvalue weighted by atomic mass is 9.95. The van der Waals surface area contributed by atoms with E-state index in [1.165, 1.54) is 12.1 Å². The summed E-state index contributed by atoms with van der Waals surface area (Å²) in [4.78, 5) is 11.3. The van der Waals surface area contributed by atoms with Gasteiger partial charge in [-0.3, -0.25) is 0 Å². The normalized spacial score (nSPS) is 10.3. The molecule has 0 saturated carbocycles. The summed E-state index contributed by atoms with van der Waals surface area (Å²) in [5, 5.41) is 17.9. The summed E-state index contributed by atoms with van der Waals surface area (Å²) in [7, 11) is 0. The number of aromatic carboxylic acids is 1. The first-order valence-electron chi connectivity index (χ1n) is 6.73. The summed E-state index contributed by atoms with van der Waals surface area (Å²) < 4.78 is 27.5. The fraction of sp³-hybridized carbons (Fsp3) is 0.176. The highest BCUT2D eigenvalue weighted by atomic mass is 19.1. The van der Waals surface area contributed by atoms with Crippen LogP contribution in [-0.4, -0.2) is 11.1 Å².